The third-order valence-electron chi connectivity index (χ3n) is 3.71. The minimum absolute atomic E-state index is 0.0144. The molecule has 0 saturated heterocycles. The number of aromatic nitrogens is 1. The summed E-state index contributed by atoms with van der Waals surface area (Å²) in [4.78, 5) is 11.8. The standard InChI is InChI=1S/C17H16Cl2N2O/c18-8-9-20-17(22)7-10-21-15-4-2-1-3-13(15)14-11-12(19)5-6-16(14)21/h1-6,11H,7-10H2,(H,20,22). The van der Waals surface area contributed by atoms with Gasteiger partial charge in [0, 0.05) is 52.2 Å². The van der Waals surface area contributed by atoms with Crippen molar-refractivity contribution in [3.8, 4) is 0 Å². The SMILES string of the molecule is O=C(CCn1c2ccccc2c2cc(Cl)ccc21)NCCCl. The van der Waals surface area contributed by atoms with Crippen molar-refractivity contribution in [2.45, 2.75) is 13.0 Å². The highest BCUT2D eigenvalue weighted by Gasteiger charge is 2.11. The molecular weight excluding hydrogens is 319 g/mol. The second-order valence-corrected chi connectivity index (χ2v) is 5.93. The van der Waals surface area contributed by atoms with Crippen molar-refractivity contribution in [2.75, 3.05) is 12.4 Å². The minimum atomic E-state index is 0.0144. The zero-order valence-corrected chi connectivity index (χ0v) is 13.5. The maximum atomic E-state index is 11.8. The number of hydrogen-bond acceptors (Lipinski definition) is 1. The Balaban J connectivity index is 1.98. The quantitative estimate of drug-likeness (QED) is 0.697. The second kappa shape index (κ2) is 6.59. The summed E-state index contributed by atoms with van der Waals surface area (Å²) in [7, 11) is 0. The molecule has 0 aliphatic rings. The number of para-hydroxylation sites is 1. The number of carbonyl (C=O) groups is 1. The molecule has 0 atom stereocenters. The highest BCUT2D eigenvalue weighted by atomic mass is 35.5. The Morgan fingerprint density at radius 3 is 2.68 bits per heavy atom. The Hall–Kier alpha value is -1.71. The summed E-state index contributed by atoms with van der Waals surface area (Å²) in [5, 5.41) is 5.78. The summed E-state index contributed by atoms with van der Waals surface area (Å²) in [6.45, 7) is 1.13. The van der Waals surface area contributed by atoms with Gasteiger partial charge in [-0.1, -0.05) is 29.8 Å². The summed E-state index contributed by atoms with van der Waals surface area (Å²) in [6, 6.07) is 14.0. The van der Waals surface area contributed by atoms with Gasteiger partial charge in [0.2, 0.25) is 5.91 Å². The molecule has 22 heavy (non-hydrogen) atoms. The van der Waals surface area contributed by atoms with E-state index in [1.165, 1.54) is 0 Å². The summed E-state index contributed by atoms with van der Waals surface area (Å²) in [5.41, 5.74) is 2.21. The highest BCUT2D eigenvalue weighted by molar-refractivity contribution is 6.31. The van der Waals surface area contributed by atoms with Gasteiger partial charge >= 0.3 is 0 Å². The van der Waals surface area contributed by atoms with Crippen LogP contribution in [-0.2, 0) is 11.3 Å². The van der Waals surface area contributed by atoms with Gasteiger partial charge in [0.05, 0.1) is 0 Å². The van der Waals surface area contributed by atoms with E-state index in [9.17, 15) is 4.79 Å². The van der Waals surface area contributed by atoms with Crippen LogP contribution in [-0.4, -0.2) is 22.9 Å². The molecule has 3 rings (SSSR count). The van der Waals surface area contributed by atoms with Crippen molar-refractivity contribution in [3.63, 3.8) is 0 Å². The van der Waals surface area contributed by atoms with Crippen LogP contribution in [0.4, 0.5) is 0 Å². The van der Waals surface area contributed by atoms with E-state index >= 15 is 0 Å². The van der Waals surface area contributed by atoms with Gasteiger partial charge in [-0.25, -0.2) is 0 Å². The van der Waals surface area contributed by atoms with Gasteiger partial charge in [-0.2, -0.15) is 0 Å². The van der Waals surface area contributed by atoms with Crippen LogP contribution in [0.3, 0.4) is 0 Å². The largest absolute Gasteiger partial charge is 0.355 e. The first-order chi connectivity index (χ1) is 10.7. The number of fused-ring (bicyclic) bond motifs is 3. The lowest BCUT2D eigenvalue weighted by Gasteiger charge is -2.08. The van der Waals surface area contributed by atoms with Gasteiger partial charge in [0.25, 0.3) is 0 Å². The number of benzene rings is 2. The van der Waals surface area contributed by atoms with E-state index < -0.39 is 0 Å². The molecule has 0 saturated carbocycles. The summed E-state index contributed by atoms with van der Waals surface area (Å²) < 4.78 is 2.17. The zero-order valence-electron chi connectivity index (χ0n) is 12.0. The van der Waals surface area contributed by atoms with Gasteiger partial charge in [0.1, 0.15) is 0 Å². The first-order valence-electron chi connectivity index (χ1n) is 7.20. The van der Waals surface area contributed by atoms with Gasteiger partial charge in [-0.15, -0.1) is 11.6 Å². The molecule has 0 aliphatic heterocycles. The number of nitrogens with zero attached hydrogens (tertiary/aromatic N) is 1. The van der Waals surface area contributed by atoms with Crippen LogP contribution >= 0.6 is 23.2 Å². The van der Waals surface area contributed by atoms with Crippen molar-refractivity contribution in [1.82, 2.24) is 9.88 Å². The van der Waals surface area contributed by atoms with Gasteiger partial charge in [0.15, 0.2) is 0 Å². The smallest absolute Gasteiger partial charge is 0.221 e. The molecular formula is C17H16Cl2N2O. The van der Waals surface area contributed by atoms with E-state index in [-0.39, 0.29) is 5.91 Å². The van der Waals surface area contributed by atoms with Gasteiger partial charge < -0.3 is 9.88 Å². The summed E-state index contributed by atoms with van der Waals surface area (Å²) in [5.74, 6) is 0.445. The highest BCUT2D eigenvalue weighted by Crippen LogP contribution is 2.31. The number of amides is 1. The maximum Gasteiger partial charge on any atom is 0.221 e. The normalized spacial score (nSPS) is 11.2. The van der Waals surface area contributed by atoms with Crippen LogP contribution in [0.25, 0.3) is 21.8 Å². The Kier molecular flexibility index (Phi) is 4.55. The fourth-order valence-corrected chi connectivity index (χ4v) is 3.02. The lowest BCUT2D eigenvalue weighted by Crippen LogP contribution is -2.26. The van der Waals surface area contributed by atoms with E-state index in [0.717, 1.165) is 26.8 Å². The number of rotatable bonds is 5. The molecule has 5 heteroatoms. The molecule has 114 valence electrons. The van der Waals surface area contributed by atoms with Crippen LogP contribution in [0.1, 0.15) is 6.42 Å². The molecule has 0 bridgehead atoms. The number of nitrogens with one attached hydrogen (secondary N) is 1. The van der Waals surface area contributed by atoms with Crippen molar-refractivity contribution in [3.05, 3.63) is 47.5 Å². The minimum Gasteiger partial charge on any atom is -0.355 e. The number of hydrogen-bond donors (Lipinski definition) is 1. The van der Waals surface area contributed by atoms with Crippen molar-refractivity contribution >= 4 is 50.9 Å². The molecule has 1 aromatic heterocycles. The van der Waals surface area contributed by atoms with Crippen LogP contribution in [0, 0.1) is 0 Å². The van der Waals surface area contributed by atoms with Gasteiger partial charge in [-0.05, 0) is 24.3 Å². The molecule has 0 spiro atoms. The van der Waals surface area contributed by atoms with Crippen LogP contribution in [0.15, 0.2) is 42.5 Å². The third-order valence-corrected chi connectivity index (χ3v) is 4.14. The van der Waals surface area contributed by atoms with E-state index in [4.69, 9.17) is 23.2 Å². The van der Waals surface area contributed by atoms with E-state index in [1.807, 2.05) is 30.3 Å². The lowest BCUT2D eigenvalue weighted by atomic mass is 10.2. The molecule has 0 unspecified atom stereocenters. The molecule has 3 aromatic rings. The topological polar surface area (TPSA) is 34.0 Å². The van der Waals surface area contributed by atoms with Crippen LogP contribution < -0.4 is 5.32 Å². The Labute approximate surface area is 138 Å². The first-order valence-corrected chi connectivity index (χ1v) is 8.11. The summed E-state index contributed by atoms with van der Waals surface area (Å²) in [6.07, 6.45) is 0.424. The molecule has 1 heterocycles. The Bertz CT molecular complexity index is 826. The maximum absolute atomic E-state index is 11.8. The lowest BCUT2D eigenvalue weighted by molar-refractivity contribution is -0.121. The number of alkyl halides is 1. The predicted molar refractivity (Wildman–Crippen MR) is 92.8 cm³/mol. The molecule has 1 amide bonds. The van der Waals surface area contributed by atoms with Crippen molar-refractivity contribution in [1.29, 1.82) is 0 Å². The van der Waals surface area contributed by atoms with E-state index in [2.05, 4.69) is 22.0 Å². The average Bonchev–Trinajstić information content (AvgIpc) is 2.84. The van der Waals surface area contributed by atoms with E-state index in [1.54, 1.807) is 0 Å². The van der Waals surface area contributed by atoms with Crippen LogP contribution in [0.2, 0.25) is 5.02 Å². The second-order valence-electron chi connectivity index (χ2n) is 5.12. The van der Waals surface area contributed by atoms with Crippen LogP contribution in [0.5, 0.6) is 0 Å². The van der Waals surface area contributed by atoms with Crippen molar-refractivity contribution in [2.24, 2.45) is 0 Å². The Morgan fingerprint density at radius 1 is 1.09 bits per heavy atom. The summed E-state index contributed by atoms with van der Waals surface area (Å²) >= 11 is 11.7. The first kappa shape index (κ1) is 15.2. The third kappa shape index (κ3) is 2.92. The molecule has 3 nitrogen and oxygen atoms in total. The van der Waals surface area contributed by atoms with Crippen molar-refractivity contribution < 1.29 is 4.79 Å². The Morgan fingerprint density at radius 2 is 1.86 bits per heavy atom. The van der Waals surface area contributed by atoms with Gasteiger partial charge in [-0.3, -0.25) is 4.79 Å². The molecule has 2 aromatic carbocycles. The average molecular weight is 335 g/mol. The molecule has 0 aliphatic carbocycles. The fraction of sp³-hybridized carbons (Fsp3) is 0.235. The molecule has 0 fully saturated rings. The predicted octanol–water partition coefficient (Wildman–Crippen LogP) is 4.19. The molecule has 1 N–H and O–H groups in total. The number of carbonyl (C=O) groups excluding carboxylic acids is 1. The zero-order chi connectivity index (χ0) is 15.5. The number of halogens is 2. The molecule has 0 radical (unpaired) electrons. The number of aryl methyl sites for hydroxylation is 1. The monoisotopic (exact) mass is 334 g/mol. The fourth-order valence-electron chi connectivity index (χ4n) is 2.76. The van der Waals surface area contributed by atoms with E-state index in [0.29, 0.717) is 25.4 Å².